The lowest BCUT2D eigenvalue weighted by Gasteiger charge is -2.11. The summed E-state index contributed by atoms with van der Waals surface area (Å²) < 4.78 is 31.6. The fraction of sp³-hybridized carbons (Fsp3) is 0.111. The Labute approximate surface area is 83.7 Å². The maximum absolute atomic E-state index is 13.7. The molecule has 0 unspecified atom stereocenters. The summed E-state index contributed by atoms with van der Waals surface area (Å²) in [5.41, 5.74) is 4.88. The third-order valence-corrected chi connectivity index (χ3v) is 1.86. The van der Waals surface area contributed by atoms with Gasteiger partial charge >= 0.3 is 11.9 Å². The van der Waals surface area contributed by atoms with Crippen molar-refractivity contribution in [3.8, 4) is 0 Å². The fourth-order valence-electron chi connectivity index (χ4n) is 1.14. The standard InChI is InChI=1S/C9H7F2N3O/c10-9(11,6-4-2-1-3-5-6)7-13-8(12)15-14-7/h1-5H,(H2,12,13,14). The molecule has 0 saturated heterocycles. The monoisotopic (exact) mass is 211 g/mol. The predicted octanol–water partition coefficient (Wildman–Crippen LogP) is 1.79. The summed E-state index contributed by atoms with van der Waals surface area (Å²) in [4.78, 5) is 3.31. The van der Waals surface area contributed by atoms with Gasteiger partial charge < -0.3 is 10.3 Å². The number of nitrogens with two attached hydrogens (primary N) is 1. The van der Waals surface area contributed by atoms with Gasteiger partial charge in [0.15, 0.2) is 0 Å². The van der Waals surface area contributed by atoms with Gasteiger partial charge in [-0.1, -0.05) is 35.5 Å². The van der Waals surface area contributed by atoms with Crippen LogP contribution in [0, 0.1) is 0 Å². The Kier molecular flexibility index (Phi) is 2.11. The van der Waals surface area contributed by atoms with Gasteiger partial charge in [0.2, 0.25) is 5.82 Å². The van der Waals surface area contributed by atoms with E-state index in [0.29, 0.717) is 0 Å². The maximum Gasteiger partial charge on any atom is 0.335 e. The van der Waals surface area contributed by atoms with Crippen molar-refractivity contribution in [2.24, 2.45) is 0 Å². The lowest BCUT2D eigenvalue weighted by atomic mass is 10.1. The molecule has 0 radical (unpaired) electrons. The molecule has 15 heavy (non-hydrogen) atoms. The summed E-state index contributed by atoms with van der Waals surface area (Å²) in [5, 5.41) is 3.10. The van der Waals surface area contributed by atoms with Gasteiger partial charge in [0.1, 0.15) is 0 Å². The number of nitrogen functional groups attached to an aromatic ring is 1. The molecule has 4 nitrogen and oxygen atoms in total. The lowest BCUT2D eigenvalue weighted by Crippen LogP contribution is -2.17. The molecule has 1 aromatic carbocycles. The smallest absolute Gasteiger partial charge is 0.335 e. The topological polar surface area (TPSA) is 64.9 Å². The van der Waals surface area contributed by atoms with Crippen molar-refractivity contribution in [1.82, 2.24) is 10.1 Å². The number of hydrogen-bond donors (Lipinski definition) is 1. The van der Waals surface area contributed by atoms with Crippen LogP contribution in [0.25, 0.3) is 0 Å². The molecule has 2 rings (SSSR count). The normalized spacial score (nSPS) is 11.6. The zero-order chi connectivity index (χ0) is 10.9. The van der Waals surface area contributed by atoms with Crippen LogP contribution in [-0.2, 0) is 5.92 Å². The van der Waals surface area contributed by atoms with E-state index in [1.165, 1.54) is 24.3 Å². The Morgan fingerprint density at radius 3 is 2.40 bits per heavy atom. The first kappa shape index (κ1) is 9.57. The van der Waals surface area contributed by atoms with Crippen LogP contribution >= 0.6 is 0 Å². The zero-order valence-corrected chi connectivity index (χ0v) is 7.52. The van der Waals surface area contributed by atoms with Gasteiger partial charge in [-0.15, -0.1) is 0 Å². The molecule has 6 heteroatoms. The van der Waals surface area contributed by atoms with E-state index in [9.17, 15) is 8.78 Å². The van der Waals surface area contributed by atoms with E-state index in [2.05, 4.69) is 14.7 Å². The van der Waals surface area contributed by atoms with Gasteiger partial charge in [-0.2, -0.15) is 13.8 Å². The number of hydrogen-bond acceptors (Lipinski definition) is 4. The number of halogens is 2. The average molecular weight is 211 g/mol. The molecular weight excluding hydrogens is 204 g/mol. The average Bonchev–Trinajstić information content (AvgIpc) is 2.67. The molecular formula is C9H7F2N3O. The van der Waals surface area contributed by atoms with Crippen molar-refractivity contribution in [3.63, 3.8) is 0 Å². The fourth-order valence-corrected chi connectivity index (χ4v) is 1.14. The third kappa shape index (κ3) is 1.65. The minimum atomic E-state index is -3.29. The van der Waals surface area contributed by atoms with Crippen LogP contribution in [0.2, 0.25) is 0 Å². The van der Waals surface area contributed by atoms with E-state index in [1.54, 1.807) is 6.07 Å². The first-order valence-electron chi connectivity index (χ1n) is 4.13. The summed E-state index contributed by atoms with van der Waals surface area (Å²) in [7, 11) is 0. The summed E-state index contributed by atoms with van der Waals surface area (Å²) in [6.45, 7) is 0. The van der Waals surface area contributed by atoms with E-state index < -0.39 is 11.7 Å². The van der Waals surface area contributed by atoms with Gasteiger partial charge in [-0.05, 0) is 0 Å². The molecule has 0 fully saturated rings. The molecule has 2 aromatic rings. The Balaban J connectivity index is 2.43. The number of alkyl halides is 2. The summed E-state index contributed by atoms with van der Waals surface area (Å²) in [6.07, 6.45) is 0. The van der Waals surface area contributed by atoms with Crippen LogP contribution < -0.4 is 5.73 Å². The van der Waals surface area contributed by atoms with Crippen molar-refractivity contribution >= 4 is 6.01 Å². The number of nitrogens with zero attached hydrogens (tertiary/aromatic N) is 2. The number of benzene rings is 1. The highest BCUT2D eigenvalue weighted by Gasteiger charge is 2.39. The van der Waals surface area contributed by atoms with Crippen LogP contribution in [0.4, 0.5) is 14.8 Å². The molecule has 78 valence electrons. The predicted molar refractivity (Wildman–Crippen MR) is 48.1 cm³/mol. The highest BCUT2D eigenvalue weighted by molar-refractivity contribution is 5.27. The zero-order valence-electron chi connectivity index (χ0n) is 7.52. The minimum absolute atomic E-state index is 0.203. The summed E-state index contributed by atoms with van der Waals surface area (Å²) >= 11 is 0. The molecule has 0 aliphatic rings. The maximum atomic E-state index is 13.7. The molecule has 0 saturated carbocycles. The van der Waals surface area contributed by atoms with Crippen LogP contribution in [0.1, 0.15) is 11.4 Å². The summed E-state index contributed by atoms with van der Waals surface area (Å²) in [5.74, 6) is -4.02. The molecule has 0 aliphatic carbocycles. The van der Waals surface area contributed by atoms with Crippen LogP contribution in [0.3, 0.4) is 0 Å². The van der Waals surface area contributed by atoms with E-state index >= 15 is 0 Å². The van der Waals surface area contributed by atoms with E-state index in [-0.39, 0.29) is 11.6 Å². The van der Waals surface area contributed by atoms with Crippen molar-refractivity contribution in [1.29, 1.82) is 0 Å². The third-order valence-electron chi connectivity index (χ3n) is 1.86. The minimum Gasteiger partial charge on any atom is -0.351 e. The first-order valence-corrected chi connectivity index (χ1v) is 4.13. The van der Waals surface area contributed by atoms with Gasteiger partial charge in [0.25, 0.3) is 0 Å². The quantitative estimate of drug-likeness (QED) is 0.822. The molecule has 0 aliphatic heterocycles. The Hall–Kier alpha value is -1.98. The Morgan fingerprint density at radius 1 is 1.20 bits per heavy atom. The van der Waals surface area contributed by atoms with Gasteiger partial charge in [-0.25, -0.2) is 0 Å². The molecule has 0 bridgehead atoms. The number of anilines is 1. The summed E-state index contributed by atoms with van der Waals surface area (Å²) in [6, 6.07) is 6.85. The largest absolute Gasteiger partial charge is 0.351 e. The van der Waals surface area contributed by atoms with Gasteiger partial charge in [0.05, 0.1) is 0 Å². The molecule has 1 aromatic heterocycles. The van der Waals surface area contributed by atoms with Crippen molar-refractivity contribution < 1.29 is 13.3 Å². The molecule has 1 heterocycles. The van der Waals surface area contributed by atoms with Gasteiger partial charge in [-0.3, -0.25) is 0 Å². The first-order chi connectivity index (χ1) is 7.10. The second-order valence-corrected chi connectivity index (χ2v) is 2.90. The Morgan fingerprint density at radius 2 is 1.87 bits per heavy atom. The Bertz CT molecular complexity index is 455. The van der Waals surface area contributed by atoms with Crippen LogP contribution in [0.5, 0.6) is 0 Å². The highest BCUT2D eigenvalue weighted by atomic mass is 19.3. The number of rotatable bonds is 2. The van der Waals surface area contributed by atoms with Crippen molar-refractivity contribution in [3.05, 3.63) is 41.7 Å². The van der Waals surface area contributed by atoms with E-state index in [4.69, 9.17) is 5.73 Å². The van der Waals surface area contributed by atoms with E-state index in [0.717, 1.165) is 0 Å². The number of aromatic nitrogens is 2. The van der Waals surface area contributed by atoms with Crippen molar-refractivity contribution in [2.45, 2.75) is 5.92 Å². The SMILES string of the molecule is Nc1nc(C(F)(F)c2ccccc2)no1. The second kappa shape index (κ2) is 3.30. The molecule has 0 amide bonds. The highest BCUT2D eigenvalue weighted by Crippen LogP contribution is 2.33. The van der Waals surface area contributed by atoms with Crippen LogP contribution in [0.15, 0.2) is 34.9 Å². The second-order valence-electron chi connectivity index (χ2n) is 2.90. The van der Waals surface area contributed by atoms with E-state index in [1.807, 2.05) is 0 Å². The van der Waals surface area contributed by atoms with Crippen molar-refractivity contribution in [2.75, 3.05) is 5.73 Å². The lowest BCUT2D eigenvalue weighted by molar-refractivity contribution is 0.0304. The molecule has 2 N–H and O–H groups in total. The van der Waals surface area contributed by atoms with Crippen LogP contribution in [-0.4, -0.2) is 10.1 Å². The van der Waals surface area contributed by atoms with Gasteiger partial charge in [0, 0.05) is 5.56 Å². The molecule has 0 atom stereocenters. The molecule has 0 spiro atoms.